The van der Waals surface area contributed by atoms with E-state index in [0.29, 0.717) is 11.4 Å². The summed E-state index contributed by atoms with van der Waals surface area (Å²) in [5, 5.41) is 2.70. The van der Waals surface area contributed by atoms with Gasteiger partial charge in [-0.05, 0) is 32.9 Å². The Balaban J connectivity index is 2.54. The van der Waals surface area contributed by atoms with E-state index >= 15 is 0 Å². The van der Waals surface area contributed by atoms with Gasteiger partial charge in [0.25, 0.3) is 0 Å². The monoisotopic (exact) mass is 294 g/mol. The Labute approximate surface area is 125 Å². The first-order valence-corrected chi connectivity index (χ1v) is 6.59. The van der Waals surface area contributed by atoms with Crippen LogP contribution in [0.3, 0.4) is 0 Å². The van der Waals surface area contributed by atoms with E-state index in [-0.39, 0.29) is 12.5 Å². The number of amides is 2. The molecule has 0 saturated heterocycles. The van der Waals surface area contributed by atoms with Crippen LogP contribution < -0.4 is 10.1 Å². The fourth-order valence-corrected chi connectivity index (χ4v) is 1.52. The number of likely N-dealkylation sites (N-methyl/N-ethyl adjacent to an activating group) is 1. The first-order valence-electron chi connectivity index (χ1n) is 6.59. The Bertz CT molecular complexity index is 509. The molecule has 6 heteroatoms. The Kier molecular flexibility index (Phi) is 5.58. The van der Waals surface area contributed by atoms with E-state index in [1.165, 1.54) is 11.9 Å². The van der Waals surface area contributed by atoms with Gasteiger partial charge in [-0.1, -0.05) is 6.07 Å². The molecule has 0 unspecified atom stereocenters. The standard InChI is InChI=1S/C15H22N2O4/c1-15(2,3)21-14(19)17(4)10-13(18)16-11-7-6-8-12(9-11)20-5/h6-9H,10H2,1-5H3,(H,16,18). The fraction of sp³-hybridized carbons (Fsp3) is 0.467. The molecule has 2 amide bonds. The lowest BCUT2D eigenvalue weighted by Crippen LogP contribution is -2.38. The Morgan fingerprint density at radius 1 is 1.29 bits per heavy atom. The molecular weight excluding hydrogens is 272 g/mol. The number of anilines is 1. The molecule has 1 aromatic carbocycles. The molecule has 6 nitrogen and oxygen atoms in total. The first kappa shape index (κ1) is 16.8. The van der Waals surface area contributed by atoms with Crippen LogP contribution in [0.1, 0.15) is 20.8 Å². The van der Waals surface area contributed by atoms with E-state index in [1.54, 1.807) is 52.1 Å². The van der Waals surface area contributed by atoms with Crippen molar-refractivity contribution in [1.82, 2.24) is 4.90 Å². The summed E-state index contributed by atoms with van der Waals surface area (Å²) < 4.78 is 10.2. The summed E-state index contributed by atoms with van der Waals surface area (Å²) in [6, 6.07) is 6.99. The molecule has 0 heterocycles. The first-order chi connectivity index (χ1) is 9.71. The van der Waals surface area contributed by atoms with Crippen LogP contribution in [0.25, 0.3) is 0 Å². The minimum atomic E-state index is -0.589. The van der Waals surface area contributed by atoms with Crippen molar-refractivity contribution >= 4 is 17.7 Å². The van der Waals surface area contributed by atoms with Crippen molar-refractivity contribution in [2.45, 2.75) is 26.4 Å². The van der Waals surface area contributed by atoms with Gasteiger partial charge in [-0.3, -0.25) is 4.79 Å². The highest BCUT2D eigenvalue weighted by atomic mass is 16.6. The van der Waals surface area contributed by atoms with E-state index in [4.69, 9.17) is 9.47 Å². The third kappa shape index (κ3) is 6.16. The second-order valence-electron chi connectivity index (χ2n) is 5.62. The molecule has 0 saturated carbocycles. The number of methoxy groups -OCH3 is 1. The molecule has 0 fully saturated rings. The van der Waals surface area contributed by atoms with Crippen molar-refractivity contribution in [2.75, 3.05) is 26.0 Å². The summed E-state index contributed by atoms with van der Waals surface area (Å²) >= 11 is 0. The van der Waals surface area contributed by atoms with Crippen LogP contribution >= 0.6 is 0 Å². The predicted octanol–water partition coefficient (Wildman–Crippen LogP) is 2.50. The molecule has 0 radical (unpaired) electrons. The van der Waals surface area contributed by atoms with Gasteiger partial charge in [0, 0.05) is 18.8 Å². The average molecular weight is 294 g/mol. The highest BCUT2D eigenvalue weighted by Gasteiger charge is 2.21. The SMILES string of the molecule is COc1cccc(NC(=O)CN(C)C(=O)OC(C)(C)C)c1. The summed E-state index contributed by atoms with van der Waals surface area (Å²) in [5.41, 5.74) is 0.0196. The van der Waals surface area contributed by atoms with Crippen LogP contribution in [-0.4, -0.2) is 43.2 Å². The quantitative estimate of drug-likeness (QED) is 0.926. The molecule has 0 spiro atoms. The molecule has 0 aliphatic heterocycles. The maximum atomic E-state index is 11.9. The number of ether oxygens (including phenoxy) is 2. The molecule has 116 valence electrons. The summed E-state index contributed by atoms with van der Waals surface area (Å²) in [5.74, 6) is 0.338. The zero-order valence-electron chi connectivity index (χ0n) is 13.1. The van der Waals surface area contributed by atoms with Gasteiger partial charge < -0.3 is 19.7 Å². The van der Waals surface area contributed by atoms with Gasteiger partial charge in [0.2, 0.25) is 5.91 Å². The maximum absolute atomic E-state index is 11.9. The lowest BCUT2D eigenvalue weighted by molar-refractivity contribution is -0.117. The normalized spacial score (nSPS) is 10.7. The van der Waals surface area contributed by atoms with Crippen LogP contribution in [0.2, 0.25) is 0 Å². The number of nitrogens with one attached hydrogen (secondary N) is 1. The van der Waals surface area contributed by atoms with Crippen molar-refractivity contribution in [3.8, 4) is 5.75 Å². The Morgan fingerprint density at radius 2 is 1.95 bits per heavy atom. The zero-order chi connectivity index (χ0) is 16.0. The van der Waals surface area contributed by atoms with Crippen molar-refractivity contribution in [3.63, 3.8) is 0 Å². The number of benzene rings is 1. The average Bonchev–Trinajstić information content (AvgIpc) is 2.36. The summed E-state index contributed by atoms with van der Waals surface area (Å²) in [6.45, 7) is 5.23. The fourth-order valence-electron chi connectivity index (χ4n) is 1.52. The second-order valence-corrected chi connectivity index (χ2v) is 5.62. The van der Waals surface area contributed by atoms with Crippen LogP contribution in [-0.2, 0) is 9.53 Å². The molecule has 0 aromatic heterocycles. The Hall–Kier alpha value is -2.24. The highest BCUT2D eigenvalue weighted by molar-refractivity contribution is 5.93. The van der Waals surface area contributed by atoms with Gasteiger partial charge in [-0.15, -0.1) is 0 Å². The van der Waals surface area contributed by atoms with Gasteiger partial charge in [-0.25, -0.2) is 4.79 Å². The lowest BCUT2D eigenvalue weighted by atomic mass is 10.2. The van der Waals surface area contributed by atoms with E-state index < -0.39 is 11.7 Å². The van der Waals surface area contributed by atoms with Crippen LogP contribution in [0.5, 0.6) is 5.75 Å². The minimum Gasteiger partial charge on any atom is -0.497 e. The number of nitrogens with zero attached hydrogens (tertiary/aromatic N) is 1. The van der Waals surface area contributed by atoms with Crippen LogP contribution in [0, 0.1) is 0 Å². The van der Waals surface area contributed by atoms with E-state index in [1.807, 2.05) is 0 Å². The second kappa shape index (κ2) is 6.97. The number of carbonyl (C=O) groups excluding carboxylic acids is 2. The van der Waals surface area contributed by atoms with Gasteiger partial charge in [0.05, 0.1) is 7.11 Å². The van der Waals surface area contributed by atoms with Crippen molar-refractivity contribution in [1.29, 1.82) is 0 Å². The lowest BCUT2D eigenvalue weighted by Gasteiger charge is -2.24. The predicted molar refractivity (Wildman–Crippen MR) is 80.5 cm³/mol. The van der Waals surface area contributed by atoms with Crippen LogP contribution in [0.4, 0.5) is 10.5 Å². The topological polar surface area (TPSA) is 67.9 Å². The molecule has 1 aromatic rings. The number of rotatable bonds is 4. The molecule has 21 heavy (non-hydrogen) atoms. The van der Waals surface area contributed by atoms with E-state index in [2.05, 4.69) is 5.32 Å². The molecule has 0 atom stereocenters. The van der Waals surface area contributed by atoms with Crippen molar-refractivity contribution in [3.05, 3.63) is 24.3 Å². The molecule has 0 aliphatic carbocycles. The Morgan fingerprint density at radius 3 is 2.52 bits per heavy atom. The molecule has 1 rings (SSSR count). The third-order valence-corrected chi connectivity index (χ3v) is 2.44. The summed E-state index contributed by atoms with van der Waals surface area (Å²) in [6.07, 6.45) is -0.539. The smallest absolute Gasteiger partial charge is 0.410 e. The van der Waals surface area contributed by atoms with Gasteiger partial charge >= 0.3 is 6.09 Å². The molecular formula is C15H22N2O4. The zero-order valence-corrected chi connectivity index (χ0v) is 13.1. The molecule has 0 bridgehead atoms. The van der Waals surface area contributed by atoms with E-state index in [0.717, 1.165) is 0 Å². The van der Waals surface area contributed by atoms with Crippen molar-refractivity contribution < 1.29 is 19.1 Å². The largest absolute Gasteiger partial charge is 0.497 e. The van der Waals surface area contributed by atoms with Gasteiger partial charge in [-0.2, -0.15) is 0 Å². The number of hydrogen-bond acceptors (Lipinski definition) is 4. The highest BCUT2D eigenvalue weighted by Crippen LogP contribution is 2.16. The summed E-state index contributed by atoms with van der Waals surface area (Å²) in [4.78, 5) is 24.9. The maximum Gasteiger partial charge on any atom is 0.410 e. The number of carbonyl (C=O) groups is 2. The van der Waals surface area contributed by atoms with Crippen molar-refractivity contribution in [2.24, 2.45) is 0 Å². The molecule has 0 aliphatic rings. The minimum absolute atomic E-state index is 0.0911. The van der Waals surface area contributed by atoms with Gasteiger partial charge in [0.1, 0.15) is 17.9 Å². The van der Waals surface area contributed by atoms with E-state index in [9.17, 15) is 9.59 Å². The third-order valence-electron chi connectivity index (χ3n) is 2.44. The summed E-state index contributed by atoms with van der Waals surface area (Å²) in [7, 11) is 3.07. The van der Waals surface area contributed by atoms with Crippen LogP contribution in [0.15, 0.2) is 24.3 Å². The molecule has 1 N–H and O–H groups in total. The number of hydrogen-bond donors (Lipinski definition) is 1. The van der Waals surface area contributed by atoms with Gasteiger partial charge in [0.15, 0.2) is 0 Å².